The predicted molar refractivity (Wildman–Crippen MR) is 77.5 cm³/mol. The Bertz CT molecular complexity index is 440. The summed E-state index contributed by atoms with van der Waals surface area (Å²) in [6.45, 7) is 2.78. The molecule has 1 saturated carbocycles. The lowest BCUT2D eigenvalue weighted by Crippen LogP contribution is -2.12. The Morgan fingerprint density at radius 1 is 1.32 bits per heavy atom. The zero-order chi connectivity index (χ0) is 13.7. The molecule has 0 atom stereocenters. The molecule has 0 spiro atoms. The molecule has 4 nitrogen and oxygen atoms in total. The Hall–Kier alpha value is -1.58. The predicted octanol–water partition coefficient (Wildman–Crippen LogP) is 4.29. The number of rotatable bonds is 5. The van der Waals surface area contributed by atoms with Crippen LogP contribution in [0.2, 0.25) is 0 Å². The van der Waals surface area contributed by atoms with Crippen molar-refractivity contribution in [2.45, 2.75) is 45.4 Å². The van der Waals surface area contributed by atoms with Crippen molar-refractivity contribution in [2.75, 3.05) is 11.9 Å². The minimum absolute atomic E-state index is 0.175. The number of hydrogen-bond acceptors (Lipinski definition) is 3. The molecule has 1 aromatic carbocycles. The smallest absolute Gasteiger partial charge is 0.292 e. The molecule has 0 saturated heterocycles. The van der Waals surface area contributed by atoms with Gasteiger partial charge < -0.3 is 5.32 Å². The molecule has 1 aromatic rings. The van der Waals surface area contributed by atoms with Crippen LogP contribution in [-0.4, -0.2) is 11.5 Å². The van der Waals surface area contributed by atoms with Crippen LogP contribution < -0.4 is 5.32 Å². The molecule has 1 N–H and O–H groups in total. The van der Waals surface area contributed by atoms with Crippen LogP contribution >= 0.6 is 0 Å². The largest absolute Gasteiger partial charge is 0.379 e. The Morgan fingerprint density at radius 3 is 2.74 bits per heavy atom. The number of hydrogen-bond donors (Lipinski definition) is 1. The Balaban J connectivity index is 1.91. The molecule has 1 aliphatic carbocycles. The van der Waals surface area contributed by atoms with E-state index in [-0.39, 0.29) is 10.6 Å². The number of anilines is 1. The fourth-order valence-corrected chi connectivity index (χ4v) is 2.84. The van der Waals surface area contributed by atoms with E-state index in [1.807, 2.05) is 13.0 Å². The van der Waals surface area contributed by atoms with Crippen LogP contribution in [0, 0.1) is 23.0 Å². The molecule has 2 rings (SSSR count). The van der Waals surface area contributed by atoms with Gasteiger partial charge >= 0.3 is 0 Å². The van der Waals surface area contributed by atoms with Gasteiger partial charge in [0.2, 0.25) is 0 Å². The topological polar surface area (TPSA) is 55.2 Å². The van der Waals surface area contributed by atoms with Gasteiger partial charge in [-0.1, -0.05) is 38.2 Å². The second-order valence-electron chi connectivity index (χ2n) is 5.50. The van der Waals surface area contributed by atoms with E-state index in [1.54, 1.807) is 12.1 Å². The van der Waals surface area contributed by atoms with E-state index in [4.69, 9.17) is 0 Å². The van der Waals surface area contributed by atoms with Crippen LogP contribution in [-0.2, 0) is 0 Å². The summed E-state index contributed by atoms with van der Waals surface area (Å²) in [7, 11) is 0. The summed E-state index contributed by atoms with van der Waals surface area (Å²) >= 11 is 0. The molecule has 1 aliphatic rings. The van der Waals surface area contributed by atoms with E-state index in [1.165, 1.54) is 32.1 Å². The summed E-state index contributed by atoms with van der Waals surface area (Å²) in [6, 6.07) is 5.22. The number of aryl methyl sites for hydroxylation is 1. The Kier molecular flexibility index (Phi) is 4.77. The highest BCUT2D eigenvalue weighted by atomic mass is 16.6. The highest BCUT2D eigenvalue weighted by Crippen LogP contribution is 2.28. The van der Waals surface area contributed by atoms with Gasteiger partial charge in [0, 0.05) is 12.6 Å². The lowest BCUT2D eigenvalue weighted by atomic mass is 9.87. The lowest BCUT2D eigenvalue weighted by molar-refractivity contribution is -0.384. The van der Waals surface area contributed by atoms with E-state index in [0.717, 1.165) is 24.4 Å². The van der Waals surface area contributed by atoms with Crippen molar-refractivity contribution in [2.24, 2.45) is 5.92 Å². The third kappa shape index (κ3) is 3.94. The molecule has 4 heteroatoms. The number of nitro benzene ring substituents is 1. The van der Waals surface area contributed by atoms with E-state index >= 15 is 0 Å². The minimum atomic E-state index is -0.317. The van der Waals surface area contributed by atoms with E-state index < -0.39 is 0 Å². The van der Waals surface area contributed by atoms with Crippen LogP contribution in [0.4, 0.5) is 11.4 Å². The third-order valence-electron chi connectivity index (χ3n) is 3.94. The van der Waals surface area contributed by atoms with Crippen LogP contribution in [0.3, 0.4) is 0 Å². The SMILES string of the molecule is Cc1ccc([N+](=O)[O-])c(NCCC2CCCCC2)c1. The number of nitro groups is 1. The third-order valence-corrected chi connectivity index (χ3v) is 3.94. The van der Waals surface area contributed by atoms with Crippen molar-refractivity contribution in [3.05, 3.63) is 33.9 Å². The highest BCUT2D eigenvalue weighted by Gasteiger charge is 2.15. The molecule has 0 radical (unpaired) electrons. The standard InChI is InChI=1S/C15H22N2O2/c1-12-7-8-15(17(18)19)14(11-12)16-10-9-13-5-3-2-4-6-13/h7-8,11,13,16H,2-6,9-10H2,1H3. The number of nitrogens with zero attached hydrogens (tertiary/aromatic N) is 1. The van der Waals surface area contributed by atoms with E-state index in [9.17, 15) is 10.1 Å². The summed E-state index contributed by atoms with van der Waals surface area (Å²) in [6.07, 6.45) is 7.80. The van der Waals surface area contributed by atoms with Gasteiger partial charge in [0.15, 0.2) is 0 Å². The van der Waals surface area contributed by atoms with Gasteiger partial charge in [-0.2, -0.15) is 0 Å². The van der Waals surface area contributed by atoms with Crippen molar-refractivity contribution < 1.29 is 4.92 Å². The normalized spacial score (nSPS) is 16.3. The first-order valence-electron chi connectivity index (χ1n) is 7.16. The zero-order valence-corrected chi connectivity index (χ0v) is 11.5. The molecule has 0 heterocycles. The molecule has 0 aromatic heterocycles. The zero-order valence-electron chi connectivity index (χ0n) is 11.5. The van der Waals surface area contributed by atoms with Gasteiger partial charge in [-0.15, -0.1) is 0 Å². The van der Waals surface area contributed by atoms with Crippen LogP contribution in [0.15, 0.2) is 18.2 Å². The summed E-state index contributed by atoms with van der Waals surface area (Å²) in [5, 5.41) is 14.2. The van der Waals surface area contributed by atoms with Crippen molar-refractivity contribution in [1.82, 2.24) is 0 Å². The molecular weight excluding hydrogens is 240 g/mol. The first-order chi connectivity index (χ1) is 9.16. The molecule has 1 fully saturated rings. The van der Waals surface area contributed by atoms with Crippen LogP contribution in [0.1, 0.15) is 44.1 Å². The van der Waals surface area contributed by atoms with Crippen molar-refractivity contribution >= 4 is 11.4 Å². The first-order valence-corrected chi connectivity index (χ1v) is 7.16. The fraction of sp³-hybridized carbons (Fsp3) is 0.600. The summed E-state index contributed by atoms with van der Waals surface area (Å²) in [5.74, 6) is 0.796. The van der Waals surface area contributed by atoms with Gasteiger partial charge in [0.1, 0.15) is 5.69 Å². The minimum Gasteiger partial charge on any atom is -0.379 e. The van der Waals surface area contributed by atoms with Crippen molar-refractivity contribution in [1.29, 1.82) is 0 Å². The molecule has 0 bridgehead atoms. The van der Waals surface area contributed by atoms with Crippen LogP contribution in [0.25, 0.3) is 0 Å². The summed E-state index contributed by atoms with van der Waals surface area (Å²) in [5.41, 5.74) is 1.88. The van der Waals surface area contributed by atoms with Gasteiger partial charge in [0.25, 0.3) is 5.69 Å². The molecule has 0 amide bonds. The molecule has 0 aliphatic heterocycles. The number of nitrogens with one attached hydrogen (secondary N) is 1. The fourth-order valence-electron chi connectivity index (χ4n) is 2.84. The molecule has 19 heavy (non-hydrogen) atoms. The first kappa shape index (κ1) is 13.8. The van der Waals surface area contributed by atoms with E-state index in [0.29, 0.717) is 5.69 Å². The molecule has 104 valence electrons. The summed E-state index contributed by atoms with van der Waals surface area (Å²) in [4.78, 5) is 10.6. The maximum absolute atomic E-state index is 11.0. The van der Waals surface area contributed by atoms with Crippen molar-refractivity contribution in [3.63, 3.8) is 0 Å². The average Bonchev–Trinajstić information content (AvgIpc) is 2.39. The second-order valence-corrected chi connectivity index (χ2v) is 5.50. The maximum Gasteiger partial charge on any atom is 0.292 e. The highest BCUT2D eigenvalue weighted by molar-refractivity contribution is 5.62. The Labute approximate surface area is 114 Å². The quantitative estimate of drug-likeness (QED) is 0.636. The molecule has 0 unspecified atom stereocenters. The summed E-state index contributed by atoms with van der Waals surface area (Å²) < 4.78 is 0. The van der Waals surface area contributed by atoms with Gasteiger partial charge in [-0.05, 0) is 30.9 Å². The Morgan fingerprint density at radius 2 is 2.05 bits per heavy atom. The monoisotopic (exact) mass is 262 g/mol. The average molecular weight is 262 g/mol. The van der Waals surface area contributed by atoms with Gasteiger partial charge in [-0.3, -0.25) is 10.1 Å². The van der Waals surface area contributed by atoms with Crippen LogP contribution in [0.5, 0.6) is 0 Å². The maximum atomic E-state index is 11.0. The van der Waals surface area contributed by atoms with Gasteiger partial charge in [0.05, 0.1) is 4.92 Å². The van der Waals surface area contributed by atoms with E-state index in [2.05, 4.69) is 5.32 Å². The van der Waals surface area contributed by atoms with Crippen molar-refractivity contribution in [3.8, 4) is 0 Å². The van der Waals surface area contributed by atoms with Gasteiger partial charge in [-0.25, -0.2) is 0 Å². The lowest BCUT2D eigenvalue weighted by Gasteiger charge is -2.21. The number of benzene rings is 1. The second kappa shape index (κ2) is 6.55. The molecular formula is C15H22N2O2.